The van der Waals surface area contributed by atoms with Crippen molar-refractivity contribution < 1.29 is 9.47 Å². The second kappa shape index (κ2) is 5.79. The first kappa shape index (κ1) is 12.8. The zero-order valence-electron chi connectivity index (χ0n) is 9.75. The molecule has 0 radical (unpaired) electrons. The molecular weight excluding hydrogens is 268 g/mol. The van der Waals surface area contributed by atoms with Crippen molar-refractivity contribution in [2.75, 3.05) is 7.11 Å². The quantitative estimate of drug-likeness (QED) is 0.852. The predicted molar refractivity (Wildman–Crippen MR) is 75.3 cm³/mol. The van der Waals surface area contributed by atoms with E-state index >= 15 is 0 Å². The third-order valence-corrected chi connectivity index (χ3v) is 3.29. The van der Waals surface area contributed by atoms with Gasteiger partial charge in [0.15, 0.2) is 11.5 Å². The number of hydrogen-bond acceptors (Lipinski definition) is 5. The molecule has 1 aromatic heterocycles. The smallest absolute Gasteiger partial charge is 0.161 e. The molecule has 0 aliphatic heterocycles. The van der Waals surface area contributed by atoms with Crippen LogP contribution in [0.4, 0.5) is 0 Å². The standard InChI is InChI=1S/C12H12N2O2S2/c1-15-11-4-8(12(13)17)2-3-10(11)16-6-9-5-14-7-18-9/h2-5,7H,6H2,1H3,(H2,13,17). The molecule has 1 heterocycles. The Hall–Kier alpha value is -1.66. The van der Waals surface area contributed by atoms with Crippen LogP contribution in [-0.2, 0) is 6.61 Å². The average Bonchev–Trinajstić information content (AvgIpc) is 2.89. The number of benzene rings is 1. The highest BCUT2D eigenvalue weighted by atomic mass is 32.1. The largest absolute Gasteiger partial charge is 0.493 e. The maximum Gasteiger partial charge on any atom is 0.161 e. The van der Waals surface area contributed by atoms with Gasteiger partial charge in [-0.1, -0.05) is 12.2 Å². The van der Waals surface area contributed by atoms with Crippen LogP contribution in [0, 0.1) is 0 Å². The molecule has 1 aromatic carbocycles. The van der Waals surface area contributed by atoms with E-state index in [4.69, 9.17) is 27.4 Å². The Morgan fingerprint density at radius 2 is 2.28 bits per heavy atom. The fourth-order valence-corrected chi connectivity index (χ4v) is 2.04. The van der Waals surface area contributed by atoms with Crippen LogP contribution in [0.25, 0.3) is 0 Å². The van der Waals surface area contributed by atoms with Gasteiger partial charge in [0.1, 0.15) is 11.6 Å². The summed E-state index contributed by atoms with van der Waals surface area (Å²) in [6.45, 7) is 0.466. The van der Waals surface area contributed by atoms with Gasteiger partial charge < -0.3 is 15.2 Å². The molecule has 0 saturated heterocycles. The minimum atomic E-state index is 0.335. The van der Waals surface area contributed by atoms with E-state index in [9.17, 15) is 0 Å². The number of nitrogens with two attached hydrogens (primary N) is 1. The summed E-state index contributed by atoms with van der Waals surface area (Å²) in [4.78, 5) is 5.37. The summed E-state index contributed by atoms with van der Waals surface area (Å²) in [7, 11) is 1.58. The monoisotopic (exact) mass is 280 g/mol. The van der Waals surface area contributed by atoms with Gasteiger partial charge in [0.05, 0.1) is 17.5 Å². The number of hydrogen-bond donors (Lipinski definition) is 1. The molecule has 0 bridgehead atoms. The number of nitrogens with zero attached hydrogens (tertiary/aromatic N) is 1. The van der Waals surface area contributed by atoms with Gasteiger partial charge in [-0.15, -0.1) is 11.3 Å². The Balaban J connectivity index is 2.14. The molecule has 2 rings (SSSR count). The Labute approximate surface area is 114 Å². The van der Waals surface area contributed by atoms with E-state index in [0.717, 1.165) is 10.4 Å². The summed E-state index contributed by atoms with van der Waals surface area (Å²) < 4.78 is 10.9. The maximum absolute atomic E-state index is 5.67. The van der Waals surface area contributed by atoms with Crippen LogP contribution in [0.5, 0.6) is 11.5 Å². The molecule has 0 amide bonds. The highest BCUT2D eigenvalue weighted by molar-refractivity contribution is 7.80. The first-order valence-corrected chi connectivity index (χ1v) is 6.47. The van der Waals surface area contributed by atoms with Crippen molar-refractivity contribution in [2.24, 2.45) is 5.73 Å². The lowest BCUT2D eigenvalue weighted by Crippen LogP contribution is -2.09. The summed E-state index contributed by atoms with van der Waals surface area (Å²) in [6, 6.07) is 5.38. The maximum atomic E-state index is 5.67. The van der Waals surface area contributed by atoms with E-state index in [2.05, 4.69) is 4.98 Å². The van der Waals surface area contributed by atoms with Gasteiger partial charge in [-0.05, 0) is 18.2 Å². The van der Waals surface area contributed by atoms with Crippen molar-refractivity contribution in [3.05, 3.63) is 40.3 Å². The molecule has 0 aliphatic carbocycles. The minimum Gasteiger partial charge on any atom is -0.493 e. The average molecular weight is 280 g/mol. The van der Waals surface area contributed by atoms with Crippen LogP contribution < -0.4 is 15.2 Å². The van der Waals surface area contributed by atoms with E-state index in [1.165, 1.54) is 0 Å². The zero-order valence-corrected chi connectivity index (χ0v) is 11.4. The van der Waals surface area contributed by atoms with Gasteiger partial charge in [-0.3, -0.25) is 4.98 Å². The van der Waals surface area contributed by atoms with E-state index in [1.54, 1.807) is 42.3 Å². The topological polar surface area (TPSA) is 57.4 Å². The Morgan fingerprint density at radius 3 is 2.89 bits per heavy atom. The molecule has 6 heteroatoms. The van der Waals surface area contributed by atoms with Crippen LogP contribution in [-0.4, -0.2) is 17.1 Å². The SMILES string of the molecule is COc1cc(C(N)=S)ccc1OCc1cncs1. The first-order valence-electron chi connectivity index (χ1n) is 5.18. The molecule has 0 aliphatic rings. The highest BCUT2D eigenvalue weighted by Gasteiger charge is 2.07. The van der Waals surface area contributed by atoms with Crippen LogP contribution in [0.1, 0.15) is 10.4 Å². The molecule has 18 heavy (non-hydrogen) atoms. The second-order valence-electron chi connectivity index (χ2n) is 3.49. The van der Waals surface area contributed by atoms with Crippen LogP contribution in [0.2, 0.25) is 0 Å². The summed E-state index contributed by atoms with van der Waals surface area (Å²) in [5.41, 5.74) is 8.09. The molecule has 2 N–H and O–H groups in total. The van der Waals surface area contributed by atoms with Crippen molar-refractivity contribution in [3.8, 4) is 11.5 Å². The van der Waals surface area contributed by atoms with Crippen molar-refractivity contribution in [1.29, 1.82) is 0 Å². The Morgan fingerprint density at radius 1 is 1.44 bits per heavy atom. The number of thiazole rings is 1. The van der Waals surface area contributed by atoms with Crippen molar-refractivity contribution >= 4 is 28.5 Å². The van der Waals surface area contributed by atoms with Crippen molar-refractivity contribution in [2.45, 2.75) is 6.61 Å². The van der Waals surface area contributed by atoms with Gasteiger partial charge in [0.2, 0.25) is 0 Å². The Bertz CT molecular complexity index is 541. The van der Waals surface area contributed by atoms with Crippen LogP contribution in [0.15, 0.2) is 29.9 Å². The molecule has 0 atom stereocenters. The Kier molecular flexibility index (Phi) is 4.11. The number of rotatable bonds is 5. The van der Waals surface area contributed by atoms with Gasteiger partial charge in [-0.25, -0.2) is 0 Å². The lowest BCUT2D eigenvalue weighted by Gasteiger charge is -2.11. The third kappa shape index (κ3) is 2.96. The van der Waals surface area contributed by atoms with E-state index in [-0.39, 0.29) is 0 Å². The second-order valence-corrected chi connectivity index (χ2v) is 4.90. The zero-order chi connectivity index (χ0) is 13.0. The number of ether oxygens (including phenoxy) is 2. The van der Waals surface area contributed by atoms with Gasteiger partial charge in [0, 0.05) is 11.8 Å². The summed E-state index contributed by atoms with van der Waals surface area (Å²) in [5.74, 6) is 1.27. The molecular formula is C12H12N2O2S2. The van der Waals surface area contributed by atoms with Gasteiger partial charge >= 0.3 is 0 Å². The lowest BCUT2D eigenvalue weighted by atomic mass is 10.2. The summed E-state index contributed by atoms with van der Waals surface area (Å²) >= 11 is 6.46. The molecule has 0 saturated carbocycles. The number of thiocarbonyl (C=S) groups is 1. The molecule has 0 unspecified atom stereocenters. The number of aromatic nitrogens is 1. The molecule has 94 valence electrons. The summed E-state index contributed by atoms with van der Waals surface area (Å²) in [5, 5.41) is 0. The van der Waals surface area contributed by atoms with Gasteiger partial charge in [0.25, 0.3) is 0 Å². The first-order chi connectivity index (χ1) is 8.70. The van der Waals surface area contributed by atoms with Crippen LogP contribution in [0.3, 0.4) is 0 Å². The van der Waals surface area contributed by atoms with E-state index in [1.807, 2.05) is 6.07 Å². The molecule has 0 fully saturated rings. The molecule has 2 aromatic rings. The predicted octanol–water partition coefficient (Wildman–Crippen LogP) is 2.36. The van der Waals surface area contributed by atoms with Crippen molar-refractivity contribution in [3.63, 3.8) is 0 Å². The van der Waals surface area contributed by atoms with Gasteiger partial charge in [-0.2, -0.15) is 0 Å². The third-order valence-electron chi connectivity index (χ3n) is 2.30. The fraction of sp³-hybridized carbons (Fsp3) is 0.167. The van der Waals surface area contributed by atoms with E-state index < -0.39 is 0 Å². The number of methoxy groups -OCH3 is 1. The van der Waals surface area contributed by atoms with Crippen molar-refractivity contribution in [1.82, 2.24) is 4.98 Å². The minimum absolute atomic E-state index is 0.335. The molecule has 0 spiro atoms. The summed E-state index contributed by atoms with van der Waals surface area (Å²) in [6.07, 6.45) is 1.78. The highest BCUT2D eigenvalue weighted by Crippen LogP contribution is 2.29. The fourth-order valence-electron chi connectivity index (χ4n) is 1.40. The van der Waals surface area contributed by atoms with E-state index in [0.29, 0.717) is 23.1 Å². The van der Waals surface area contributed by atoms with Crippen LogP contribution >= 0.6 is 23.6 Å². The lowest BCUT2D eigenvalue weighted by molar-refractivity contribution is 0.287. The molecule has 4 nitrogen and oxygen atoms in total. The normalized spacial score (nSPS) is 10.1.